The number of carboxylic acids is 1. The standard InChI is InChI=1S/C18H17NO6/c1-8-10(20)7-9(11-3-2-6-24-11)19-15(8)18-5-4-12(25-18)13(17(22)23)14(18)16(19)21/h2-6,8-9,12-15H,7H2,1H3,(H,22,23)/t8-,9+,12-,13+,14-,15+,18+/m1/s1. The molecular formula is C18H17NO6. The van der Waals surface area contributed by atoms with Gasteiger partial charge in [0, 0.05) is 12.3 Å². The summed E-state index contributed by atoms with van der Waals surface area (Å²) in [5.74, 6) is -2.85. The molecule has 25 heavy (non-hydrogen) atoms. The number of rotatable bonds is 2. The lowest BCUT2D eigenvalue weighted by Gasteiger charge is -2.43. The molecule has 4 aliphatic heterocycles. The molecule has 0 aromatic carbocycles. The van der Waals surface area contributed by atoms with Crippen LogP contribution in [0.5, 0.6) is 0 Å². The van der Waals surface area contributed by atoms with Gasteiger partial charge in [0.15, 0.2) is 0 Å². The Balaban J connectivity index is 1.67. The number of ketones is 1. The first-order valence-electron chi connectivity index (χ1n) is 8.44. The SMILES string of the molecule is C[C@@H]1C(=O)C[C@@H](c2ccco2)N2C(=O)[C@H]3[C@@H](C(=O)O)[C@H]4C=C[C@@]3(O4)[C@H]12. The number of Topliss-reactive ketones (excluding diaryl/α,β-unsaturated/α-hetero) is 1. The first kappa shape index (κ1) is 14.9. The largest absolute Gasteiger partial charge is 0.481 e. The Labute approximate surface area is 143 Å². The molecule has 0 radical (unpaired) electrons. The van der Waals surface area contributed by atoms with Crippen LogP contribution in [0.15, 0.2) is 35.0 Å². The Morgan fingerprint density at radius 1 is 1.40 bits per heavy atom. The van der Waals surface area contributed by atoms with Crippen molar-refractivity contribution in [1.29, 1.82) is 0 Å². The van der Waals surface area contributed by atoms with Gasteiger partial charge in [0.1, 0.15) is 23.1 Å². The molecule has 7 nitrogen and oxygen atoms in total. The summed E-state index contributed by atoms with van der Waals surface area (Å²) in [6.07, 6.45) is 4.59. The lowest BCUT2D eigenvalue weighted by molar-refractivity contribution is -0.152. The van der Waals surface area contributed by atoms with Gasteiger partial charge in [0.05, 0.1) is 30.4 Å². The number of hydrogen-bond acceptors (Lipinski definition) is 5. The van der Waals surface area contributed by atoms with Crippen molar-refractivity contribution >= 4 is 17.7 Å². The van der Waals surface area contributed by atoms with Gasteiger partial charge in [0.2, 0.25) is 5.91 Å². The van der Waals surface area contributed by atoms with Crippen LogP contribution in [-0.4, -0.2) is 45.4 Å². The molecule has 1 aromatic heterocycles. The van der Waals surface area contributed by atoms with Gasteiger partial charge in [-0.25, -0.2) is 0 Å². The predicted octanol–water partition coefficient (Wildman–Crippen LogP) is 1.16. The van der Waals surface area contributed by atoms with Crippen molar-refractivity contribution in [2.75, 3.05) is 0 Å². The van der Waals surface area contributed by atoms with E-state index in [1.165, 1.54) is 6.26 Å². The Morgan fingerprint density at radius 2 is 2.20 bits per heavy atom. The van der Waals surface area contributed by atoms with E-state index in [9.17, 15) is 19.5 Å². The molecule has 5 rings (SSSR count). The summed E-state index contributed by atoms with van der Waals surface area (Å²) in [7, 11) is 0. The summed E-state index contributed by atoms with van der Waals surface area (Å²) in [5, 5.41) is 9.63. The van der Waals surface area contributed by atoms with Gasteiger partial charge in [-0.1, -0.05) is 19.1 Å². The van der Waals surface area contributed by atoms with Crippen molar-refractivity contribution in [3.63, 3.8) is 0 Å². The van der Waals surface area contributed by atoms with Gasteiger partial charge in [0.25, 0.3) is 0 Å². The molecule has 1 amide bonds. The van der Waals surface area contributed by atoms with Crippen LogP contribution < -0.4 is 0 Å². The predicted molar refractivity (Wildman–Crippen MR) is 82.2 cm³/mol. The van der Waals surface area contributed by atoms with Crippen LogP contribution in [0.1, 0.15) is 25.1 Å². The molecule has 1 N–H and O–H groups in total. The van der Waals surface area contributed by atoms with E-state index in [1.807, 2.05) is 0 Å². The van der Waals surface area contributed by atoms with Gasteiger partial charge in [-0.3, -0.25) is 14.4 Å². The van der Waals surface area contributed by atoms with Gasteiger partial charge in [-0.2, -0.15) is 0 Å². The van der Waals surface area contributed by atoms with Crippen molar-refractivity contribution in [2.24, 2.45) is 17.8 Å². The normalized spacial score (nSPS) is 44.3. The Kier molecular flexibility index (Phi) is 2.74. The van der Waals surface area contributed by atoms with Crippen LogP contribution in [0.25, 0.3) is 0 Å². The highest BCUT2D eigenvalue weighted by molar-refractivity contribution is 5.95. The highest BCUT2D eigenvalue weighted by Gasteiger charge is 2.74. The number of aliphatic carboxylic acids is 1. The molecule has 130 valence electrons. The van der Waals surface area contributed by atoms with Crippen LogP contribution in [0.4, 0.5) is 0 Å². The van der Waals surface area contributed by atoms with Crippen molar-refractivity contribution in [2.45, 2.75) is 37.1 Å². The second-order valence-corrected chi connectivity index (χ2v) is 7.32. The number of ether oxygens (including phenoxy) is 1. The smallest absolute Gasteiger partial charge is 0.310 e. The fraction of sp³-hybridized carbons (Fsp3) is 0.500. The zero-order valence-corrected chi connectivity index (χ0v) is 13.5. The molecule has 0 unspecified atom stereocenters. The van der Waals surface area contributed by atoms with Crippen LogP contribution >= 0.6 is 0 Å². The lowest BCUT2D eigenvalue weighted by atomic mass is 9.71. The maximum absolute atomic E-state index is 13.3. The third kappa shape index (κ3) is 1.62. The first-order chi connectivity index (χ1) is 12.0. The molecule has 3 saturated heterocycles. The lowest BCUT2D eigenvalue weighted by Crippen LogP contribution is -2.55. The molecule has 4 aliphatic rings. The Bertz CT molecular complexity index is 814. The van der Waals surface area contributed by atoms with E-state index in [2.05, 4.69) is 0 Å². The van der Waals surface area contributed by atoms with E-state index < -0.39 is 47.5 Å². The number of nitrogens with zero attached hydrogens (tertiary/aromatic N) is 1. The number of carboxylic acid groups (broad SMARTS) is 1. The Hall–Kier alpha value is -2.41. The quantitative estimate of drug-likeness (QED) is 0.810. The minimum absolute atomic E-state index is 0.0321. The first-order valence-corrected chi connectivity index (χ1v) is 8.44. The summed E-state index contributed by atoms with van der Waals surface area (Å²) in [6, 6.07) is 2.44. The maximum Gasteiger partial charge on any atom is 0.310 e. The monoisotopic (exact) mass is 343 g/mol. The third-order valence-electron chi connectivity index (χ3n) is 6.24. The van der Waals surface area contributed by atoms with Gasteiger partial charge >= 0.3 is 5.97 Å². The zero-order valence-electron chi connectivity index (χ0n) is 13.5. The molecule has 5 heterocycles. The van der Waals surface area contributed by atoms with Crippen LogP contribution in [0.3, 0.4) is 0 Å². The number of amides is 1. The minimum Gasteiger partial charge on any atom is -0.481 e. The molecule has 7 heteroatoms. The highest BCUT2D eigenvalue weighted by Crippen LogP contribution is 2.59. The number of fused-ring (bicyclic) bond motifs is 2. The van der Waals surface area contributed by atoms with Crippen LogP contribution in [-0.2, 0) is 19.1 Å². The van der Waals surface area contributed by atoms with Crippen LogP contribution in [0.2, 0.25) is 0 Å². The molecule has 1 spiro atoms. The fourth-order valence-corrected chi connectivity index (χ4v) is 5.25. The van der Waals surface area contributed by atoms with Crippen molar-refractivity contribution < 1.29 is 28.6 Å². The molecule has 0 saturated carbocycles. The van der Waals surface area contributed by atoms with Gasteiger partial charge in [-0.15, -0.1) is 0 Å². The Morgan fingerprint density at radius 3 is 2.88 bits per heavy atom. The van der Waals surface area contributed by atoms with Crippen molar-refractivity contribution in [1.82, 2.24) is 4.90 Å². The van der Waals surface area contributed by atoms with Crippen LogP contribution in [0, 0.1) is 17.8 Å². The summed E-state index contributed by atoms with van der Waals surface area (Å²) in [5.41, 5.74) is -1.04. The van der Waals surface area contributed by atoms with E-state index in [1.54, 1.807) is 36.1 Å². The van der Waals surface area contributed by atoms with E-state index in [-0.39, 0.29) is 18.1 Å². The zero-order chi connectivity index (χ0) is 17.5. The number of piperidine rings is 1. The molecule has 2 bridgehead atoms. The van der Waals surface area contributed by atoms with Gasteiger partial charge < -0.3 is 19.2 Å². The topological polar surface area (TPSA) is 97.1 Å². The third-order valence-corrected chi connectivity index (χ3v) is 6.24. The molecule has 7 atom stereocenters. The second-order valence-electron chi connectivity index (χ2n) is 7.32. The summed E-state index contributed by atoms with van der Waals surface area (Å²) >= 11 is 0. The summed E-state index contributed by atoms with van der Waals surface area (Å²) in [4.78, 5) is 39.3. The molecular weight excluding hydrogens is 326 g/mol. The van der Waals surface area contributed by atoms with Crippen molar-refractivity contribution in [3.05, 3.63) is 36.3 Å². The number of carbonyl (C=O) groups excluding carboxylic acids is 2. The number of hydrogen-bond donors (Lipinski definition) is 1. The molecule has 1 aromatic rings. The average molecular weight is 343 g/mol. The summed E-state index contributed by atoms with van der Waals surface area (Å²) in [6.45, 7) is 1.79. The fourth-order valence-electron chi connectivity index (χ4n) is 5.25. The molecule has 0 aliphatic carbocycles. The van der Waals surface area contributed by atoms with E-state index in [0.29, 0.717) is 5.76 Å². The van der Waals surface area contributed by atoms with E-state index >= 15 is 0 Å². The maximum atomic E-state index is 13.3. The molecule has 3 fully saturated rings. The van der Waals surface area contributed by atoms with Gasteiger partial charge in [-0.05, 0) is 12.1 Å². The number of furan rings is 1. The number of carbonyl (C=O) groups is 3. The van der Waals surface area contributed by atoms with E-state index in [4.69, 9.17) is 9.15 Å². The second kappa shape index (κ2) is 4.60. The summed E-state index contributed by atoms with van der Waals surface area (Å²) < 4.78 is 11.5. The minimum atomic E-state index is -1.04. The highest BCUT2D eigenvalue weighted by atomic mass is 16.5. The average Bonchev–Trinajstić information content (AvgIpc) is 3.32. The van der Waals surface area contributed by atoms with Crippen molar-refractivity contribution in [3.8, 4) is 0 Å². The van der Waals surface area contributed by atoms with E-state index in [0.717, 1.165) is 0 Å².